The number of rotatable bonds is 10. The minimum atomic E-state index is -4.87. The third kappa shape index (κ3) is 6.50. The van der Waals surface area contributed by atoms with Crippen LogP contribution >= 0.6 is 0 Å². The second-order valence-corrected chi connectivity index (χ2v) is 8.01. The van der Waals surface area contributed by atoms with E-state index in [1.54, 1.807) is 5.32 Å². The summed E-state index contributed by atoms with van der Waals surface area (Å²) in [4.78, 5) is 35.6. The van der Waals surface area contributed by atoms with Gasteiger partial charge in [0.15, 0.2) is 0 Å². The van der Waals surface area contributed by atoms with Gasteiger partial charge in [-0.1, -0.05) is 48.5 Å². The topological polar surface area (TPSA) is 114 Å². The maximum absolute atomic E-state index is 13.2. The van der Waals surface area contributed by atoms with Crippen LogP contribution in [0.25, 0.3) is 11.1 Å². The van der Waals surface area contributed by atoms with Crippen molar-refractivity contribution in [1.82, 2.24) is 10.6 Å². The van der Waals surface area contributed by atoms with Gasteiger partial charge in [0.1, 0.15) is 18.7 Å². The van der Waals surface area contributed by atoms with E-state index in [0.717, 1.165) is 22.3 Å². The molecule has 0 aliphatic heterocycles. The summed E-state index contributed by atoms with van der Waals surface area (Å²) < 4.78 is 49.9. The molecular weight excluding hydrogens is 469 g/mol. The Balaban J connectivity index is 1.64. The summed E-state index contributed by atoms with van der Waals surface area (Å²) in [5.74, 6) is -2.85. The van der Waals surface area contributed by atoms with E-state index in [-0.39, 0.29) is 12.5 Å². The zero-order valence-electron chi connectivity index (χ0n) is 18.8. The molecule has 0 saturated carbocycles. The largest absolute Gasteiger partial charge is 0.481 e. The van der Waals surface area contributed by atoms with Gasteiger partial charge in [0, 0.05) is 19.4 Å². The third-order valence-electron chi connectivity index (χ3n) is 5.64. The van der Waals surface area contributed by atoms with Crippen molar-refractivity contribution in [1.29, 1.82) is 0 Å². The van der Waals surface area contributed by atoms with Gasteiger partial charge in [0.2, 0.25) is 5.91 Å². The van der Waals surface area contributed by atoms with E-state index in [1.807, 2.05) is 48.5 Å². The zero-order valence-corrected chi connectivity index (χ0v) is 18.8. The van der Waals surface area contributed by atoms with Crippen LogP contribution in [0.4, 0.5) is 18.0 Å². The maximum atomic E-state index is 13.2. The zero-order chi connectivity index (χ0) is 25.6. The number of aliphatic carboxylic acids is 1. The summed E-state index contributed by atoms with van der Waals surface area (Å²) in [6.07, 6.45) is -7.51. The lowest BCUT2D eigenvalue weighted by Gasteiger charge is -2.24. The molecule has 0 fully saturated rings. The molecule has 2 amide bonds. The molecule has 2 aromatic carbocycles. The molecule has 3 rings (SSSR count). The molecule has 35 heavy (non-hydrogen) atoms. The highest BCUT2D eigenvalue weighted by Gasteiger charge is 2.41. The number of carbonyl (C=O) groups excluding carboxylic acids is 2. The summed E-state index contributed by atoms with van der Waals surface area (Å²) in [6.45, 7) is -0.468. The highest BCUT2D eigenvalue weighted by molar-refractivity contribution is 5.86. The Labute approximate surface area is 199 Å². The van der Waals surface area contributed by atoms with E-state index in [1.165, 1.54) is 7.11 Å². The van der Waals surface area contributed by atoms with Crippen LogP contribution in [0, 0.1) is 0 Å². The average Bonchev–Trinajstić information content (AvgIpc) is 3.13. The van der Waals surface area contributed by atoms with Gasteiger partial charge in [-0.2, -0.15) is 13.2 Å². The van der Waals surface area contributed by atoms with Crippen LogP contribution < -0.4 is 10.6 Å². The molecule has 0 saturated heterocycles. The maximum Gasteiger partial charge on any atom is 0.408 e. The summed E-state index contributed by atoms with van der Waals surface area (Å²) in [5.41, 5.74) is 3.99. The monoisotopic (exact) mass is 494 g/mol. The van der Waals surface area contributed by atoms with Crippen molar-refractivity contribution in [2.75, 3.05) is 20.3 Å². The Kier molecular flexibility index (Phi) is 8.34. The van der Waals surface area contributed by atoms with Gasteiger partial charge in [-0.3, -0.25) is 9.59 Å². The number of nitrogens with one attached hydrogen (secondary N) is 2. The number of methoxy groups -OCH3 is 1. The standard InChI is InChI=1S/C24H25F3N2O6/c1-34-13-19(22(32)29-20(24(25,26)27)10-11-21(30)31)28-23(33)35-12-18-16-8-4-2-6-14(16)15-7-3-5-9-17(15)18/h2-9,18-20H,10-13H2,1H3,(H,28,33)(H,29,32)(H,30,31)/t19-,20-/m0/s1. The van der Waals surface area contributed by atoms with Gasteiger partial charge >= 0.3 is 18.2 Å². The number of alkyl carbamates (subject to hydrolysis) is 1. The summed E-state index contributed by atoms with van der Waals surface area (Å²) >= 11 is 0. The Hall–Kier alpha value is -3.60. The Morgan fingerprint density at radius 3 is 2.09 bits per heavy atom. The summed E-state index contributed by atoms with van der Waals surface area (Å²) in [7, 11) is 1.21. The van der Waals surface area contributed by atoms with Gasteiger partial charge in [-0.05, 0) is 28.7 Å². The number of ether oxygens (including phenoxy) is 2. The molecular formula is C24H25F3N2O6. The predicted octanol–water partition coefficient (Wildman–Crippen LogP) is 3.45. The number of hydrogen-bond acceptors (Lipinski definition) is 5. The van der Waals surface area contributed by atoms with Gasteiger partial charge < -0.3 is 25.2 Å². The number of fused-ring (bicyclic) bond motifs is 3. The van der Waals surface area contributed by atoms with Crippen molar-refractivity contribution in [3.8, 4) is 11.1 Å². The first-order valence-electron chi connectivity index (χ1n) is 10.8. The number of carboxylic acid groups (broad SMARTS) is 1. The molecule has 1 aliphatic carbocycles. The number of hydrogen-bond donors (Lipinski definition) is 3. The van der Waals surface area contributed by atoms with Gasteiger partial charge in [-0.25, -0.2) is 4.79 Å². The first-order valence-corrected chi connectivity index (χ1v) is 10.8. The molecule has 11 heteroatoms. The minimum absolute atomic E-state index is 0.0506. The molecule has 0 aromatic heterocycles. The molecule has 0 spiro atoms. The summed E-state index contributed by atoms with van der Waals surface area (Å²) in [5, 5.41) is 12.7. The van der Waals surface area contributed by atoms with E-state index in [9.17, 15) is 27.6 Å². The first kappa shape index (κ1) is 26.0. The van der Waals surface area contributed by atoms with Crippen LogP contribution in [0.1, 0.15) is 29.9 Å². The Bertz CT molecular complexity index is 1030. The normalized spacial score (nSPS) is 14.4. The molecule has 0 heterocycles. The molecule has 0 radical (unpaired) electrons. The van der Waals surface area contributed by atoms with E-state index < -0.39 is 55.7 Å². The quantitative estimate of drug-likeness (QED) is 0.466. The van der Waals surface area contributed by atoms with Crippen molar-refractivity contribution >= 4 is 18.0 Å². The predicted molar refractivity (Wildman–Crippen MR) is 119 cm³/mol. The third-order valence-corrected chi connectivity index (χ3v) is 5.64. The fourth-order valence-electron chi connectivity index (χ4n) is 3.99. The smallest absolute Gasteiger partial charge is 0.408 e. The highest BCUT2D eigenvalue weighted by Crippen LogP contribution is 2.44. The molecule has 2 atom stereocenters. The van der Waals surface area contributed by atoms with E-state index in [2.05, 4.69) is 5.32 Å². The number of carbonyl (C=O) groups is 3. The number of halogens is 3. The van der Waals surface area contributed by atoms with Crippen LogP contribution in [0.2, 0.25) is 0 Å². The van der Waals surface area contributed by atoms with Crippen molar-refractivity contribution in [2.24, 2.45) is 0 Å². The van der Waals surface area contributed by atoms with Crippen LogP contribution in [0.5, 0.6) is 0 Å². The SMILES string of the molecule is COC[C@H](NC(=O)OCC1c2ccccc2-c2ccccc21)C(=O)N[C@@H](CCC(=O)O)C(F)(F)F. The van der Waals surface area contributed by atoms with Gasteiger partial charge in [-0.15, -0.1) is 0 Å². The molecule has 1 aliphatic rings. The highest BCUT2D eigenvalue weighted by atomic mass is 19.4. The molecule has 0 unspecified atom stereocenters. The van der Waals surface area contributed by atoms with E-state index >= 15 is 0 Å². The lowest BCUT2D eigenvalue weighted by molar-refractivity contribution is -0.165. The van der Waals surface area contributed by atoms with E-state index in [0.29, 0.717) is 0 Å². The van der Waals surface area contributed by atoms with Gasteiger partial charge in [0.25, 0.3) is 0 Å². The fourth-order valence-corrected chi connectivity index (χ4v) is 3.99. The average molecular weight is 494 g/mol. The Morgan fingerprint density at radius 2 is 1.57 bits per heavy atom. The molecule has 0 bridgehead atoms. The second-order valence-electron chi connectivity index (χ2n) is 8.01. The molecule has 8 nitrogen and oxygen atoms in total. The van der Waals surface area contributed by atoms with E-state index in [4.69, 9.17) is 14.6 Å². The first-order chi connectivity index (χ1) is 16.6. The lowest BCUT2D eigenvalue weighted by Crippen LogP contribution is -2.55. The summed E-state index contributed by atoms with van der Waals surface area (Å²) in [6, 6.07) is 11.5. The molecule has 2 aromatic rings. The molecule has 188 valence electrons. The fraction of sp³-hybridized carbons (Fsp3) is 0.375. The lowest BCUT2D eigenvalue weighted by atomic mass is 9.98. The number of carboxylic acids is 1. The van der Waals surface area contributed by atoms with Crippen molar-refractivity contribution in [3.63, 3.8) is 0 Å². The van der Waals surface area contributed by atoms with Crippen molar-refractivity contribution < 1.29 is 42.1 Å². The van der Waals surface area contributed by atoms with Crippen molar-refractivity contribution in [2.45, 2.75) is 37.0 Å². The van der Waals surface area contributed by atoms with Crippen LogP contribution in [0.15, 0.2) is 48.5 Å². The van der Waals surface area contributed by atoms with Crippen molar-refractivity contribution in [3.05, 3.63) is 59.7 Å². The van der Waals surface area contributed by atoms with Crippen LogP contribution in [0.3, 0.4) is 0 Å². The second kappa shape index (κ2) is 11.2. The minimum Gasteiger partial charge on any atom is -0.481 e. The van der Waals surface area contributed by atoms with Crippen LogP contribution in [-0.4, -0.2) is 61.7 Å². The number of benzene rings is 2. The number of amides is 2. The van der Waals surface area contributed by atoms with Gasteiger partial charge in [0.05, 0.1) is 6.61 Å². The van der Waals surface area contributed by atoms with Crippen LogP contribution in [-0.2, 0) is 19.1 Å². The molecule has 3 N–H and O–H groups in total. The number of alkyl halides is 3. The Morgan fingerprint density at radius 1 is 1.00 bits per heavy atom.